The molecule has 318 valence electrons. The average molecular weight is 860 g/mol. The fraction of sp³-hybridized carbons (Fsp3) is 0.500. The van der Waals surface area contributed by atoms with E-state index in [0.717, 1.165) is 0 Å². The quantitative estimate of drug-likeness (QED) is 0.0963. The Labute approximate surface area is 332 Å². The van der Waals surface area contributed by atoms with E-state index in [-0.39, 0.29) is 16.1 Å². The maximum Gasteiger partial charge on any atom is 0.459 e. The first-order valence-corrected chi connectivity index (χ1v) is 21.3. The molecule has 0 radical (unpaired) electrons. The Balaban J connectivity index is 1.49. The number of carbonyl (C=O) groups is 2. The van der Waals surface area contributed by atoms with Gasteiger partial charge in [0.15, 0.2) is 11.6 Å². The number of carbonyl (C=O) groups excluding carboxylic acids is 2. The van der Waals surface area contributed by atoms with Crippen molar-refractivity contribution in [2.75, 3.05) is 18.9 Å². The van der Waals surface area contributed by atoms with Crippen molar-refractivity contribution in [2.45, 2.75) is 90.5 Å². The van der Waals surface area contributed by atoms with Gasteiger partial charge in [0.25, 0.3) is 0 Å². The van der Waals surface area contributed by atoms with Gasteiger partial charge in [0, 0.05) is 5.92 Å². The number of esters is 2. The third-order valence-electron chi connectivity index (χ3n) is 9.00. The van der Waals surface area contributed by atoms with Crippen LogP contribution in [0.25, 0.3) is 0 Å². The van der Waals surface area contributed by atoms with Gasteiger partial charge in [-0.05, 0) is 72.2 Å². The van der Waals surface area contributed by atoms with Crippen LogP contribution in [0.2, 0.25) is 0 Å². The highest BCUT2D eigenvalue weighted by molar-refractivity contribution is 7.52. The first-order valence-electron chi connectivity index (χ1n) is 18.2. The number of nitrogens with one attached hydrogen (secondary N) is 2. The lowest BCUT2D eigenvalue weighted by molar-refractivity contribution is -0.274. The molecule has 2 aliphatic rings. The Bertz CT molecular complexity index is 2080. The molecule has 8 atom stereocenters. The lowest BCUT2D eigenvalue weighted by Crippen LogP contribution is -2.54. The summed E-state index contributed by atoms with van der Waals surface area (Å²) in [5.74, 6) is -9.08. The van der Waals surface area contributed by atoms with Crippen LogP contribution in [0.4, 0.5) is 19.0 Å². The van der Waals surface area contributed by atoms with Crippen molar-refractivity contribution in [2.24, 2.45) is 11.3 Å². The predicted molar refractivity (Wildman–Crippen MR) is 201 cm³/mol. The molecule has 4 N–H and O–H groups in total. The maximum absolute atomic E-state index is 16.9. The van der Waals surface area contributed by atoms with E-state index in [4.69, 9.17) is 38.0 Å². The zero-order valence-corrected chi connectivity index (χ0v) is 34.2. The molecule has 17 nitrogen and oxygen atoms in total. The van der Waals surface area contributed by atoms with Crippen LogP contribution in [0, 0.1) is 17.2 Å². The Hall–Kier alpha value is -4.29. The molecule has 1 aromatic heterocycles. The third-order valence-corrected chi connectivity index (χ3v) is 12.3. The second kappa shape index (κ2) is 17.9. The zero-order valence-electron chi connectivity index (χ0n) is 32.4. The number of nitrogens with two attached hydrogens (primary N) is 1. The number of nitrogen functional groups attached to an aromatic ring is 1. The van der Waals surface area contributed by atoms with Crippen LogP contribution in [0.1, 0.15) is 54.2 Å². The Kier molecular flexibility index (Phi) is 13.8. The largest absolute Gasteiger partial charge is 0.462 e. The molecule has 1 aliphatic heterocycles. The van der Waals surface area contributed by atoms with Crippen LogP contribution >= 0.6 is 15.5 Å². The molecule has 58 heavy (non-hydrogen) atoms. The minimum atomic E-state index is -4.72. The summed E-state index contributed by atoms with van der Waals surface area (Å²) >= 11 is 0. The third kappa shape index (κ3) is 10.5. The van der Waals surface area contributed by atoms with E-state index in [2.05, 4.69) is 15.2 Å². The Morgan fingerprint density at radius 3 is 1.84 bits per heavy atom. The van der Waals surface area contributed by atoms with Gasteiger partial charge in [-0.2, -0.15) is 15.2 Å². The molecule has 0 bridgehead atoms. The number of hydrogen-bond donors (Lipinski definition) is 3. The van der Waals surface area contributed by atoms with Crippen molar-refractivity contribution < 1.29 is 64.2 Å². The molecular formula is C36H46F3N5O12P2. The van der Waals surface area contributed by atoms with Crippen molar-refractivity contribution in [1.29, 1.82) is 0 Å². The fourth-order valence-corrected chi connectivity index (χ4v) is 9.18. The van der Waals surface area contributed by atoms with Crippen LogP contribution in [-0.2, 0) is 42.0 Å². The fourth-order valence-electron chi connectivity index (χ4n) is 6.12. The number of para-hydroxylation sites is 2. The molecule has 2 aromatic carbocycles. The number of nitrogens with zero attached hydrogens (tertiary/aromatic N) is 2. The summed E-state index contributed by atoms with van der Waals surface area (Å²) in [6, 6.07) is 12.7. The first kappa shape index (κ1) is 44.8. The summed E-state index contributed by atoms with van der Waals surface area (Å²) in [4.78, 5) is 41.7. The van der Waals surface area contributed by atoms with E-state index in [1.54, 1.807) is 64.1 Å². The van der Waals surface area contributed by atoms with E-state index in [0.29, 0.717) is 6.20 Å². The number of anilines is 1. The number of hydrogen-bond acceptors (Lipinski definition) is 14. The van der Waals surface area contributed by atoms with Crippen LogP contribution in [0.3, 0.4) is 0 Å². The Morgan fingerprint density at radius 2 is 1.36 bits per heavy atom. The van der Waals surface area contributed by atoms with E-state index in [9.17, 15) is 27.9 Å². The number of benzene rings is 2. The molecule has 1 saturated heterocycles. The summed E-state index contributed by atoms with van der Waals surface area (Å²) < 4.78 is 116. The molecule has 5 rings (SSSR count). The van der Waals surface area contributed by atoms with Crippen LogP contribution in [0.5, 0.6) is 11.5 Å². The van der Waals surface area contributed by atoms with E-state index in [1.165, 1.54) is 38.1 Å². The first-order chi connectivity index (χ1) is 27.2. The van der Waals surface area contributed by atoms with Gasteiger partial charge in [-0.1, -0.05) is 36.4 Å². The minimum absolute atomic E-state index is 0.00125. The van der Waals surface area contributed by atoms with Gasteiger partial charge in [0.2, 0.25) is 6.23 Å². The SMILES string of the molecule is CC(C)OC(=O)[C@H](C)NP(=O)(OCC1O[C@H](n2cc(F)c(N)nc2=O)C(F)(F)C2(COP(=O)(N[C@@H](C)C(=O)OC(C)C)Oc3ccccc3)CC12)Oc1ccccc1. The molecule has 22 heteroatoms. The van der Waals surface area contributed by atoms with Gasteiger partial charge in [0.1, 0.15) is 23.6 Å². The van der Waals surface area contributed by atoms with E-state index in [1.807, 2.05) is 0 Å². The van der Waals surface area contributed by atoms with Crippen molar-refractivity contribution in [3.63, 3.8) is 0 Å². The second-order valence-corrected chi connectivity index (χ2v) is 17.7. The average Bonchev–Trinajstić information content (AvgIpc) is 3.90. The number of alkyl halides is 2. The number of halogens is 3. The molecule has 1 aliphatic carbocycles. The summed E-state index contributed by atoms with van der Waals surface area (Å²) in [6.07, 6.45) is -5.15. The number of fused-ring (bicyclic) bond motifs is 1. The van der Waals surface area contributed by atoms with Crippen molar-refractivity contribution in [3.8, 4) is 11.5 Å². The van der Waals surface area contributed by atoms with Gasteiger partial charge in [-0.15, -0.1) is 0 Å². The molecule has 5 unspecified atom stereocenters. The summed E-state index contributed by atoms with van der Waals surface area (Å²) in [5, 5.41) is 4.93. The predicted octanol–water partition coefficient (Wildman–Crippen LogP) is 5.77. The van der Waals surface area contributed by atoms with Crippen LogP contribution in [-0.4, -0.2) is 71.0 Å². The molecule has 2 fully saturated rings. The molecule has 1 saturated carbocycles. The highest BCUT2D eigenvalue weighted by Gasteiger charge is 2.78. The highest BCUT2D eigenvalue weighted by atomic mass is 31.2. The maximum atomic E-state index is 16.9. The van der Waals surface area contributed by atoms with Gasteiger partial charge in [0.05, 0.1) is 43.1 Å². The van der Waals surface area contributed by atoms with Gasteiger partial charge in [-0.25, -0.2) is 27.1 Å². The van der Waals surface area contributed by atoms with Gasteiger partial charge >= 0.3 is 39.0 Å². The summed E-state index contributed by atoms with van der Waals surface area (Å²) in [7, 11) is -9.30. The summed E-state index contributed by atoms with van der Waals surface area (Å²) in [6.45, 7) is 7.24. The van der Waals surface area contributed by atoms with Gasteiger partial charge < -0.3 is 29.0 Å². The lowest BCUT2D eigenvalue weighted by atomic mass is 9.89. The van der Waals surface area contributed by atoms with Crippen LogP contribution < -0.4 is 30.6 Å². The smallest absolute Gasteiger partial charge is 0.459 e. The van der Waals surface area contributed by atoms with Crippen molar-refractivity contribution >= 4 is 33.2 Å². The van der Waals surface area contributed by atoms with Crippen LogP contribution in [0.15, 0.2) is 71.7 Å². The Morgan fingerprint density at radius 1 is 0.879 bits per heavy atom. The number of aromatic nitrogens is 2. The molecule has 0 spiro atoms. The molecule has 0 amide bonds. The summed E-state index contributed by atoms with van der Waals surface area (Å²) in [5.41, 5.74) is 1.71. The van der Waals surface area contributed by atoms with Crippen molar-refractivity contribution in [1.82, 2.24) is 19.7 Å². The topological polar surface area (TPSA) is 218 Å². The van der Waals surface area contributed by atoms with E-state index >= 15 is 8.78 Å². The minimum Gasteiger partial charge on any atom is -0.462 e. The molecule has 2 heterocycles. The zero-order chi connectivity index (χ0) is 42.6. The van der Waals surface area contributed by atoms with Gasteiger partial charge in [-0.3, -0.25) is 23.2 Å². The monoisotopic (exact) mass is 859 g/mol. The number of rotatable bonds is 19. The van der Waals surface area contributed by atoms with Crippen molar-refractivity contribution in [3.05, 3.63) is 83.2 Å². The standard InChI is InChI=1S/C36H46F3N5O12P2/c1-21(2)52-31(45)23(5)42-57(48,55-25-13-9-7-10-14-25)50-19-29-27-17-35(27,36(38,39)33(54-29)44-18-28(37)30(40)41-34(44)47)20-51-58(49,56-26-15-11-8-12-16-26)43-24(6)32(46)53-22(3)4/h7-16,18,21-24,27,29,33H,17,19-20H2,1-6H3,(H,42,48)(H,43,49)(H2,40,41,47)/t23-,24-,27?,29?,33-,35?,57?,58?/m0/s1. The molecule has 3 aromatic rings. The van der Waals surface area contributed by atoms with E-state index < -0.39 is 118 Å². The second-order valence-electron chi connectivity index (χ2n) is 14.3. The molecular weight excluding hydrogens is 813 g/mol. The lowest BCUT2D eigenvalue weighted by Gasteiger charge is -2.42. The normalized spacial score (nSPS) is 24.1. The number of ether oxygens (including phenoxy) is 3. The highest BCUT2D eigenvalue weighted by Crippen LogP contribution is 2.71.